The molecule has 4 aliphatic rings. The van der Waals surface area contributed by atoms with E-state index in [1.807, 2.05) is 23.1 Å². The molecule has 0 bridgehead atoms. The van der Waals surface area contributed by atoms with Crippen molar-refractivity contribution in [2.45, 2.75) is 82.8 Å². The van der Waals surface area contributed by atoms with Gasteiger partial charge >= 0.3 is 0 Å². The highest BCUT2D eigenvalue weighted by atomic mass is 16.5. The molecule has 4 atom stereocenters. The predicted octanol–water partition coefficient (Wildman–Crippen LogP) is 2.97. The molecule has 1 aromatic rings. The van der Waals surface area contributed by atoms with Gasteiger partial charge in [0.25, 0.3) is 0 Å². The summed E-state index contributed by atoms with van der Waals surface area (Å²) in [6.45, 7) is 1.58. The van der Waals surface area contributed by atoms with Crippen molar-refractivity contribution in [2.24, 2.45) is 22.6 Å². The number of aliphatic imine (C=N–C) groups is 1. The highest BCUT2D eigenvalue weighted by Crippen LogP contribution is 2.36. The summed E-state index contributed by atoms with van der Waals surface area (Å²) in [4.78, 5) is 30.4. The van der Waals surface area contributed by atoms with E-state index < -0.39 is 0 Å². The van der Waals surface area contributed by atoms with Crippen LogP contribution in [0.5, 0.6) is 5.75 Å². The van der Waals surface area contributed by atoms with Crippen LogP contribution >= 0.6 is 0 Å². The van der Waals surface area contributed by atoms with Gasteiger partial charge in [0, 0.05) is 17.6 Å². The van der Waals surface area contributed by atoms with Crippen LogP contribution in [0.25, 0.3) is 0 Å². The number of carbonyl (C=O) groups excluding carboxylic acids is 2. The number of hydrogen-bond acceptors (Lipinski definition) is 6. The number of nitrogens with zero attached hydrogens (tertiary/aromatic N) is 2. The molecule has 184 valence electrons. The Labute approximate surface area is 201 Å². The number of benzene rings is 1. The first kappa shape index (κ1) is 23.1. The number of primary amides is 1. The Morgan fingerprint density at radius 2 is 2.03 bits per heavy atom. The number of carbonyl (C=O) groups is 2. The van der Waals surface area contributed by atoms with E-state index in [-0.39, 0.29) is 23.8 Å². The maximum absolute atomic E-state index is 12.2. The van der Waals surface area contributed by atoms with Crippen LogP contribution < -0.4 is 21.1 Å². The number of amides is 2. The largest absolute Gasteiger partial charge is 0.493 e. The molecular weight excluding hydrogens is 430 g/mol. The van der Waals surface area contributed by atoms with Crippen molar-refractivity contribution in [1.82, 2.24) is 15.5 Å². The van der Waals surface area contributed by atoms with Gasteiger partial charge in [0.05, 0.1) is 24.8 Å². The molecule has 34 heavy (non-hydrogen) atoms. The zero-order chi connectivity index (χ0) is 23.5. The fourth-order valence-electron chi connectivity index (χ4n) is 6.19. The number of rotatable bonds is 9. The molecule has 3 fully saturated rings. The molecule has 8 nitrogen and oxygen atoms in total. The minimum atomic E-state index is -0.159. The lowest BCUT2D eigenvalue weighted by molar-refractivity contribution is -0.123. The smallest absolute Gasteiger partial charge is 0.246 e. The van der Waals surface area contributed by atoms with Gasteiger partial charge in [-0.05, 0) is 56.6 Å². The van der Waals surface area contributed by atoms with Crippen LogP contribution in [0.15, 0.2) is 23.2 Å². The van der Waals surface area contributed by atoms with E-state index >= 15 is 0 Å². The van der Waals surface area contributed by atoms with Crippen molar-refractivity contribution in [3.63, 3.8) is 0 Å². The van der Waals surface area contributed by atoms with E-state index in [0.29, 0.717) is 31.7 Å². The normalized spacial score (nSPS) is 26.6. The number of guanidine groups is 1. The van der Waals surface area contributed by atoms with Gasteiger partial charge < -0.3 is 20.7 Å². The molecule has 8 heteroatoms. The SMILES string of the molecule is NC(=O)C(CCCCCOc1cccc2c1CN1CC(=O)NC1=N2)C1CCC2CCCCC2N1. The summed E-state index contributed by atoms with van der Waals surface area (Å²) in [6, 6.07) is 6.68. The first-order chi connectivity index (χ1) is 16.6. The monoisotopic (exact) mass is 467 g/mol. The first-order valence-electron chi connectivity index (χ1n) is 13.0. The lowest BCUT2D eigenvalue weighted by Crippen LogP contribution is -2.54. The summed E-state index contributed by atoms with van der Waals surface area (Å²) in [6.07, 6.45) is 11.3. The zero-order valence-electron chi connectivity index (χ0n) is 19.9. The molecular formula is C26H37N5O3. The third kappa shape index (κ3) is 5.06. The molecule has 0 aromatic heterocycles. The Kier molecular flexibility index (Phi) is 7.04. The number of unbranched alkanes of at least 4 members (excludes halogenated alkanes) is 2. The number of nitrogens with one attached hydrogen (secondary N) is 2. The molecule has 1 aromatic carbocycles. The Morgan fingerprint density at radius 3 is 2.91 bits per heavy atom. The van der Waals surface area contributed by atoms with E-state index in [1.165, 1.54) is 32.1 Å². The maximum atomic E-state index is 12.2. The van der Waals surface area contributed by atoms with Crippen LogP contribution in [0, 0.1) is 11.8 Å². The van der Waals surface area contributed by atoms with Gasteiger partial charge in [-0.15, -0.1) is 0 Å². The molecule has 1 aliphatic carbocycles. The second kappa shape index (κ2) is 10.3. The molecule has 2 saturated heterocycles. The maximum Gasteiger partial charge on any atom is 0.246 e. The van der Waals surface area contributed by atoms with Gasteiger partial charge in [-0.25, -0.2) is 4.99 Å². The summed E-state index contributed by atoms with van der Waals surface area (Å²) >= 11 is 0. The molecule has 4 unspecified atom stereocenters. The molecule has 2 amide bonds. The van der Waals surface area contributed by atoms with Crippen LogP contribution in [-0.4, -0.2) is 47.9 Å². The molecule has 5 rings (SSSR count). The van der Waals surface area contributed by atoms with E-state index in [1.54, 1.807) is 0 Å². The summed E-state index contributed by atoms with van der Waals surface area (Å²) in [5, 5.41) is 6.59. The topological polar surface area (TPSA) is 109 Å². The van der Waals surface area contributed by atoms with Gasteiger partial charge in [0.2, 0.25) is 17.8 Å². The van der Waals surface area contributed by atoms with Crippen LogP contribution in [0.2, 0.25) is 0 Å². The Balaban J connectivity index is 1.07. The Hall–Kier alpha value is -2.61. The van der Waals surface area contributed by atoms with Crippen LogP contribution in [0.3, 0.4) is 0 Å². The van der Waals surface area contributed by atoms with E-state index in [9.17, 15) is 9.59 Å². The number of hydrogen-bond donors (Lipinski definition) is 3. The predicted molar refractivity (Wildman–Crippen MR) is 131 cm³/mol. The zero-order valence-corrected chi connectivity index (χ0v) is 19.9. The minimum absolute atomic E-state index is 0.0229. The summed E-state index contributed by atoms with van der Waals surface area (Å²) in [5.41, 5.74) is 7.70. The second-order valence-corrected chi connectivity index (χ2v) is 10.3. The Bertz CT molecular complexity index is 948. The lowest BCUT2D eigenvalue weighted by atomic mass is 9.75. The van der Waals surface area contributed by atoms with Crippen molar-refractivity contribution < 1.29 is 14.3 Å². The molecule has 4 N–H and O–H groups in total. The summed E-state index contributed by atoms with van der Waals surface area (Å²) in [5.74, 6) is 2.00. The molecule has 0 spiro atoms. The van der Waals surface area contributed by atoms with Gasteiger partial charge in [0.15, 0.2) is 0 Å². The number of fused-ring (bicyclic) bond motifs is 3. The summed E-state index contributed by atoms with van der Waals surface area (Å²) < 4.78 is 6.10. The van der Waals surface area contributed by atoms with E-state index in [0.717, 1.165) is 55.0 Å². The van der Waals surface area contributed by atoms with Crippen LogP contribution in [0.1, 0.15) is 69.8 Å². The molecule has 3 aliphatic heterocycles. The van der Waals surface area contributed by atoms with Crippen molar-refractivity contribution in [3.05, 3.63) is 23.8 Å². The second-order valence-electron chi connectivity index (χ2n) is 10.3. The van der Waals surface area contributed by atoms with Crippen molar-refractivity contribution in [1.29, 1.82) is 0 Å². The van der Waals surface area contributed by atoms with Crippen molar-refractivity contribution in [3.8, 4) is 5.75 Å². The van der Waals surface area contributed by atoms with Crippen molar-refractivity contribution >= 4 is 23.5 Å². The van der Waals surface area contributed by atoms with Crippen LogP contribution in [-0.2, 0) is 16.1 Å². The van der Waals surface area contributed by atoms with Crippen molar-refractivity contribution in [2.75, 3.05) is 13.2 Å². The van der Waals surface area contributed by atoms with Gasteiger partial charge in [-0.2, -0.15) is 0 Å². The van der Waals surface area contributed by atoms with Crippen LogP contribution in [0.4, 0.5) is 5.69 Å². The number of nitrogens with two attached hydrogens (primary N) is 1. The fraction of sp³-hybridized carbons (Fsp3) is 0.654. The number of piperidine rings is 1. The third-order valence-corrected chi connectivity index (χ3v) is 8.02. The van der Waals surface area contributed by atoms with Gasteiger partial charge in [-0.1, -0.05) is 31.7 Å². The third-order valence-electron chi connectivity index (χ3n) is 8.02. The quantitative estimate of drug-likeness (QED) is 0.484. The van der Waals surface area contributed by atoms with E-state index in [2.05, 4.69) is 15.6 Å². The summed E-state index contributed by atoms with van der Waals surface area (Å²) in [7, 11) is 0. The molecule has 1 saturated carbocycles. The minimum Gasteiger partial charge on any atom is -0.493 e. The molecule has 0 radical (unpaired) electrons. The molecule has 3 heterocycles. The highest BCUT2D eigenvalue weighted by Gasteiger charge is 2.36. The van der Waals surface area contributed by atoms with E-state index in [4.69, 9.17) is 10.5 Å². The Morgan fingerprint density at radius 1 is 1.15 bits per heavy atom. The van der Waals surface area contributed by atoms with Gasteiger partial charge in [-0.3, -0.25) is 14.9 Å². The lowest BCUT2D eigenvalue weighted by Gasteiger charge is -2.42. The highest BCUT2D eigenvalue weighted by molar-refractivity contribution is 6.05. The number of ether oxygens (including phenoxy) is 1. The average molecular weight is 468 g/mol. The first-order valence-corrected chi connectivity index (χ1v) is 13.0. The fourth-order valence-corrected chi connectivity index (χ4v) is 6.19. The standard InChI is InChI=1S/C26H37N5O3/c27-25(33)18(22-13-12-17-7-3-4-9-20(17)28-22)8-2-1-5-14-34-23-11-6-10-21-19(23)15-31-16-24(32)30-26(31)29-21/h6,10-11,17-18,20,22,28H,1-5,7-9,12-16H2,(H2,27,33)(H,29,30,32). The average Bonchev–Trinajstić information content (AvgIpc) is 3.20. The van der Waals surface area contributed by atoms with Gasteiger partial charge in [0.1, 0.15) is 12.3 Å².